The highest BCUT2D eigenvalue weighted by atomic mass is 19.1. The normalized spacial score (nSPS) is 27.8. The molecule has 5 nitrogen and oxygen atoms in total. The smallest absolute Gasteiger partial charge is 0.227 e. The number of carbonyl (C=O) groups excluding carboxylic acids is 2. The van der Waals surface area contributed by atoms with E-state index in [0.29, 0.717) is 44.6 Å². The van der Waals surface area contributed by atoms with E-state index in [1.165, 1.54) is 12.1 Å². The molecule has 2 aliphatic heterocycles. The highest BCUT2D eigenvalue weighted by Crippen LogP contribution is 2.43. The van der Waals surface area contributed by atoms with Crippen molar-refractivity contribution >= 4 is 17.5 Å². The number of anilines is 1. The van der Waals surface area contributed by atoms with Crippen LogP contribution in [0.3, 0.4) is 0 Å². The Labute approximate surface area is 146 Å². The minimum atomic E-state index is -0.807. The van der Waals surface area contributed by atoms with Crippen LogP contribution in [0, 0.1) is 11.2 Å². The Hall–Kier alpha value is -1.95. The number of nitrogens with zero attached hydrogens (tertiary/aromatic N) is 2. The minimum Gasteiger partial charge on any atom is -0.389 e. The van der Waals surface area contributed by atoms with E-state index in [9.17, 15) is 19.1 Å². The Morgan fingerprint density at radius 2 is 1.88 bits per heavy atom. The first kappa shape index (κ1) is 16.5. The van der Waals surface area contributed by atoms with Crippen molar-refractivity contribution in [3.05, 3.63) is 30.1 Å². The Kier molecular flexibility index (Phi) is 3.83. The molecule has 1 unspecified atom stereocenters. The van der Waals surface area contributed by atoms with Gasteiger partial charge in [-0.05, 0) is 49.9 Å². The van der Waals surface area contributed by atoms with Crippen molar-refractivity contribution in [2.45, 2.75) is 44.1 Å². The number of amides is 2. The number of hydrogen-bond acceptors (Lipinski definition) is 3. The molecule has 1 saturated carbocycles. The average Bonchev–Trinajstić information content (AvgIpc) is 3.10. The third-order valence-electron chi connectivity index (χ3n) is 6.01. The molecule has 1 aromatic carbocycles. The Balaban J connectivity index is 1.42. The molecule has 3 aliphatic rings. The van der Waals surface area contributed by atoms with Crippen LogP contribution >= 0.6 is 0 Å². The van der Waals surface area contributed by atoms with Crippen molar-refractivity contribution in [1.82, 2.24) is 4.90 Å². The molecular weight excluding hydrogens is 323 g/mol. The van der Waals surface area contributed by atoms with E-state index in [0.717, 1.165) is 12.8 Å². The summed E-state index contributed by atoms with van der Waals surface area (Å²) in [6.07, 6.45) is 3.79. The van der Waals surface area contributed by atoms with E-state index in [1.54, 1.807) is 21.9 Å². The summed E-state index contributed by atoms with van der Waals surface area (Å²) in [7, 11) is 0. The standard InChI is InChI=1S/C19H23FN2O3/c20-14-2-4-15(5-3-14)22-13-18(10-17(22)24)8-9-21(12-18)16(23)11-19(25)6-1-7-19/h2-5,25H,1,6-13H2. The van der Waals surface area contributed by atoms with Gasteiger partial charge >= 0.3 is 0 Å². The molecule has 1 aromatic rings. The molecule has 0 radical (unpaired) electrons. The van der Waals surface area contributed by atoms with Crippen molar-refractivity contribution in [3.63, 3.8) is 0 Å². The Morgan fingerprint density at radius 1 is 1.16 bits per heavy atom. The zero-order chi connectivity index (χ0) is 17.7. The van der Waals surface area contributed by atoms with Crippen LogP contribution in [-0.4, -0.2) is 47.1 Å². The van der Waals surface area contributed by atoms with Gasteiger partial charge in [-0.1, -0.05) is 0 Å². The van der Waals surface area contributed by atoms with Gasteiger partial charge in [-0.2, -0.15) is 0 Å². The molecular formula is C19H23FN2O3. The second kappa shape index (κ2) is 5.80. The largest absolute Gasteiger partial charge is 0.389 e. The maximum Gasteiger partial charge on any atom is 0.227 e. The maximum atomic E-state index is 13.1. The summed E-state index contributed by atoms with van der Waals surface area (Å²) < 4.78 is 13.1. The zero-order valence-corrected chi connectivity index (χ0v) is 14.2. The van der Waals surface area contributed by atoms with E-state index in [1.807, 2.05) is 0 Å². The number of halogens is 1. The zero-order valence-electron chi connectivity index (χ0n) is 14.2. The average molecular weight is 346 g/mol. The van der Waals surface area contributed by atoms with Gasteiger partial charge in [0.15, 0.2) is 0 Å². The van der Waals surface area contributed by atoms with Crippen molar-refractivity contribution in [2.75, 3.05) is 24.5 Å². The molecule has 6 heteroatoms. The van der Waals surface area contributed by atoms with Crippen molar-refractivity contribution in [3.8, 4) is 0 Å². The van der Waals surface area contributed by atoms with Crippen LogP contribution in [0.1, 0.15) is 38.5 Å². The molecule has 2 heterocycles. The highest BCUT2D eigenvalue weighted by Gasteiger charge is 2.49. The first-order valence-corrected chi connectivity index (χ1v) is 8.94. The molecule has 1 spiro atoms. The van der Waals surface area contributed by atoms with Gasteiger partial charge in [-0.25, -0.2) is 4.39 Å². The van der Waals surface area contributed by atoms with Gasteiger partial charge in [-0.3, -0.25) is 9.59 Å². The lowest BCUT2D eigenvalue weighted by Crippen LogP contribution is -2.43. The van der Waals surface area contributed by atoms with Gasteiger partial charge < -0.3 is 14.9 Å². The van der Waals surface area contributed by atoms with Gasteiger partial charge in [-0.15, -0.1) is 0 Å². The van der Waals surface area contributed by atoms with Crippen LogP contribution < -0.4 is 4.90 Å². The Morgan fingerprint density at radius 3 is 2.52 bits per heavy atom. The maximum absolute atomic E-state index is 13.1. The number of benzene rings is 1. The minimum absolute atomic E-state index is 0.00763. The van der Waals surface area contributed by atoms with Crippen LogP contribution in [0.2, 0.25) is 0 Å². The third kappa shape index (κ3) is 3.03. The van der Waals surface area contributed by atoms with Crippen molar-refractivity contribution in [1.29, 1.82) is 0 Å². The molecule has 1 atom stereocenters. The second-order valence-corrected chi connectivity index (χ2v) is 7.95. The summed E-state index contributed by atoms with van der Waals surface area (Å²) >= 11 is 0. The first-order valence-electron chi connectivity index (χ1n) is 8.94. The lowest BCUT2D eigenvalue weighted by atomic mass is 9.77. The predicted octanol–water partition coefficient (Wildman–Crippen LogP) is 2.09. The van der Waals surface area contributed by atoms with E-state index in [2.05, 4.69) is 0 Å². The molecule has 0 bridgehead atoms. The summed E-state index contributed by atoms with van der Waals surface area (Å²) in [6.45, 7) is 1.76. The second-order valence-electron chi connectivity index (χ2n) is 7.95. The van der Waals surface area contributed by atoms with Gasteiger partial charge in [0.05, 0.1) is 12.0 Å². The van der Waals surface area contributed by atoms with Gasteiger partial charge in [0.1, 0.15) is 5.82 Å². The third-order valence-corrected chi connectivity index (χ3v) is 6.01. The lowest BCUT2D eigenvalue weighted by Gasteiger charge is -2.37. The number of rotatable bonds is 3. The van der Waals surface area contributed by atoms with E-state index in [-0.39, 0.29) is 29.5 Å². The fourth-order valence-electron chi connectivity index (χ4n) is 4.33. The van der Waals surface area contributed by atoms with Crippen LogP contribution in [0.4, 0.5) is 10.1 Å². The molecule has 4 rings (SSSR count). The van der Waals surface area contributed by atoms with E-state index in [4.69, 9.17) is 0 Å². The van der Waals surface area contributed by atoms with Gasteiger partial charge in [0, 0.05) is 37.2 Å². The molecule has 0 aromatic heterocycles. The topological polar surface area (TPSA) is 60.9 Å². The Bertz CT molecular complexity index is 701. The van der Waals surface area contributed by atoms with Crippen LogP contribution in [0.5, 0.6) is 0 Å². The summed E-state index contributed by atoms with van der Waals surface area (Å²) in [4.78, 5) is 28.5. The fourth-order valence-corrected chi connectivity index (χ4v) is 4.33. The number of hydrogen-bond donors (Lipinski definition) is 1. The van der Waals surface area contributed by atoms with Crippen LogP contribution in [-0.2, 0) is 9.59 Å². The van der Waals surface area contributed by atoms with Gasteiger partial charge in [0.25, 0.3) is 0 Å². The number of carbonyl (C=O) groups is 2. The van der Waals surface area contributed by atoms with Crippen LogP contribution in [0.15, 0.2) is 24.3 Å². The highest BCUT2D eigenvalue weighted by molar-refractivity contribution is 5.96. The summed E-state index contributed by atoms with van der Waals surface area (Å²) in [6, 6.07) is 5.96. The molecule has 1 aliphatic carbocycles. The van der Waals surface area contributed by atoms with Crippen LogP contribution in [0.25, 0.3) is 0 Å². The first-order chi connectivity index (χ1) is 11.9. The number of likely N-dealkylation sites (tertiary alicyclic amines) is 1. The quantitative estimate of drug-likeness (QED) is 0.912. The molecule has 25 heavy (non-hydrogen) atoms. The molecule has 2 amide bonds. The summed E-state index contributed by atoms with van der Waals surface area (Å²) in [5, 5.41) is 10.2. The molecule has 1 N–H and O–H groups in total. The molecule has 2 saturated heterocycles. The summed E-state index contributed by atoms with van der Waals surface area (Å²) in [5.74, 6) is -0.304. The van der Waals surface area contributed by atoms with E-state index >= 15 is 0 Å². The predicted molar refractivity (Wildman–Crippen MR) is 90.4 cm³/mol. The monoisotopic (exact) mass is 346 g/mol. The van der Waals surface area contributed by atoms with Gasteiger partial charge in [0.2, 0.25) is 11.8 Å². The lowest BCUT2D eigenvalue weighted by molar-refractivity contribution is -0.139. The SMILES string of the molecule is O=C(CC1(O)CCC1)N1CCC2(CC(=O)N(c3ccc(F)cc3)C2)C1. The van der Waals surface area contributed by atoms with Crippen molar-refractivity contribution in [2.24, 2.45) is 5.41 Å². The number of aliphatic hydroxyl groups is 1. The summed E-state index contributed by atoms with van der Waals surface area (Å²) in [5.41, 5.74) is -0.321. The fraction of sp³-hybridized carbons (Fsp3) is 0.579. The molecule has 3 fully saturated rings. The van der Waals surface area contributed by atoms with E-state index < -0.39 is 5.60 Å². The van der Waals surface area contributed by atoms with Crippen molar-refractivity contribution < 1.29 is 19.1 Å². The molecule has 134 valence electrons.